The van der Waals surface area contributed by atoms with Gasteiger partial charge in [0, 0.05) is 0 Å². The van der Waals surface area contributed by atoms with Gasteiger partial charge in [0.15, 0.2) is 5.82 Å². The predicted octanol–water partition coefficient (Wildman–Crippen LogP) is 1.10. The number of hydrogen-bond acceptors (Lipinski definition) is 5. The summed E-state index contributed by atoms with van der Waals surface area (Å²) in [5, 5.41) is 10.7. The van der Waals surface area contributed by atoms with Crippen LogP contribution in [0.1, 0.15) is 10.4 Å². The molecule has 0 unspecified atom stereocenters. The van der Waals surface area contributed by atoms with Crippen molar-refractivity contribution in [1.29, 1.82) is 0 Å². The van der Waals surface area contributed by atoms with Gasteiger partial charge in [0.25, 0.3) is 5.91 Å². The van der Waals surface area contributed by atoms with E-state index in [0.717, 1.165) is 0 Å². The van der Waals surface area contributed by atoms with E-state index in [2.05, 4.69) is 20.5 Å². The highest BCUT2D eigenvalue weighted by atomic mass is 16.4. The zero-order chi connectivity index (χ0) is 14.9. The molecule has 1 aliphatic rings. The van der Waals surface area contributed by atoms with Crippen LogP contribution < -0.4 is 9.97 Å². The fourth-order valence-corrected chi connectivity index (χ4v) is 2.28. The number of anilines is 1. The van der Waals surface area contributed by atoms with E-state index in [4.69, 9.17) is 4.65 Å². The molecular formula is C14H10BN5O2. The van der Waals surface area contributed by atoms with Gasteiger partial charge in [0.1, 0.15) is 23.6 Å². The van der Waals surface area contributed by atoms with Crippen LogP contribution in [0.3, 0.4) is 0 Å². The van der Waals surface area contributed by atoms with Gasteiger partial charge in [-0.2, -0.15) is 0 Å². The quantitative estimate of drug-likeness (QED) is 0.627. The second-order valence-corrected chi connectivity index (χ2v) is 4.76. The molecule has 0 spiro atoms. The van der Waals surface area contributed by atoms with E-state index in [0.29, 0.717) is 28.6 Å². The Balaban J connectivity index is 1.88. The number of pyridine rings is 1. The number of hydrogen-bond donors (Lipinski definition) is 1. The normalized spacial score (nSPS) is 12.8. The van der Waals surface area contributed by atoms with E-state index in [9.17, 15) is 4.79 Å². The van der Waals surface area contributed by atoms with Crippen molar-refractivity contribution in [2.24, 2.45) is 0 Å². The molecule has 22 heavy (non-hydrogen) atoms. The van der Waals surface area contributed by atoms with Crippen LogP contribution in [-0.4, -0.2) is 33.2 Å². The standard InChI is InChI=1S/C14H10BN5O2/c21-14-9-4-1-2-6-11(9)22-15-20-8-16-19-13(20)10-5-3-7-12(17-10)18-14/h1-8,15H,(H,17,18,21). The molecule has 1 aromatic carbocycles. The zero-order valence-corrected chi connectivity index (χ0v) is 11.4. The first-order chi connectivity index (χ1) is 10.8. The second kappa shape index (κ2) is 4.99. The molecule has 3 aromatic rings. The summed E-state index contributed by atoms with van der Waals surface area (Å²) >= 11 is 0. The number of nitrogens with one attached hydrogen (secondary N) is 1. The van der Waals surface area contributed by atoms with Crippen LogP contribution in [0.25, 0.3) is 11.5 Å². The highest BCUT2D eigenvalue weighted by molar-refractivity contribution is 6.27. The zero-order valence-electron chi connectivity index (χ0n) is 11.4. The molecule has 0 radical (unpaired) electrons. The number of rotatable bonds is 0. The molecule has 3 heterocycles. The Morgan fingerprint density at radius 2 is 2.05 bits per heavy atom. The predicted molar refractivity (Wildman–Crippen MR) is 80.8 cm³/mol. The number of aromatic nitrogens is 4. The summed E-state index contributed by atoms with van der Waals surface area (Å²) in [5.74, 6) is 1.26. The molecule has 2 bridgehead atoms. The van der Waals surface area contributed by atoms with Crippen LogP contribution >= 0.6 is 0 Å². The summed E-state index contributed by atoms with van der Waals surface area (Å²) in [4.78, 5) is 16.8. The van der Waals surface area contributed by atoms with Gasteiger partial charge >= 0.3 is 7.62 Å². The minimum Gasteiger partial charge on any atom is -0.543 e. The van der Waals surface area contributed by atoms with Crippen molar-refractivity contribution in [3.05, 3.63) is 54.4 Å². The Morgan fingerprint density at radius 3 is 3.00 bits per heavy atom. The molecule has 8 heteroatoms. The van der Waals surface area contributed by atoms with Crippen molar-refractivity contribution < 1.29 is 9.45 Å². The summed E-state index contributed by atoms with van der Waals surface area (Å²) in [6.45, 7) is 0. The van der Waals surface area contributed by atoms with Gasteiger partial charge < -0.3 is 14.4 Å². The van der Waals surface area contributed by atoms with E-state index in [1.807, 2.05) is 12.1 Å². The third-order valence-corrected chi connectivity index (χ3v) is 3.33. The number of benzene rings is 1. The lowest BCUT2D eigenvalue weighted by molar-refractivity contribution is 0.102. The Hall–Kier alpha value is -3.16. The maximum absolute atomic E-state index is 12.4. The van der Waals surface area contributed by atoms with Crippen molar-refractivity contribution in [2.75, 3.05) is 5.32 Å². The van der Waals surface area contributed by atoms with Crippen molar-refractivity contribution >= 4 is 19.3 Å². The largest absolute Gasteiger partial charge is 0.543 e. The van der Waals surface area contributed by atoms with E-state index in [1.54, 1.807) is 41.1 Å². The molecular weight excluding hydrogens is 281 g/mol. The molecule has 0 saturated carbocycles. The first-order valence-electron chi connectivity index (χ1n) is 6.70. The highest BCUT2D eigenvalue weighted by Gasteiger charge is 2.18. The van der Waals surface area contributed by atoms with Gasteiger partial charge in [0.2, 0.25) is 0 Å². The molecule has 2 aromatic heterocycles. The fourth-order valence-electron chi connectivity index (χ4n) is 2.28. The lowest BCUT2D eigenvalue weighted by atomic mass is 10.1. The van der Waals surface area contributed by atoms with Crippen molar-refractivity contribution in [3.8, 4) is 17.3 Å². The Bertz CT molecular complexity index is 864. The second-order valence-electron chi connectivity index (χ2n) is 4.76. The summed E-state index contributed by atoms with van der Waals surface area (Å²) in [6, 6.07) is 12.4. The van der Waals surface area contributed by atoms with Crippen LogP contribution in [0, 0.1) is 0 Å². The summed E-state index contributed by atoms with van der Waals surface area (Å²) in [7, 11) is 0.193. The maximum Gasteiger partial charge on any atom is 0.470 e. The molecule has 0 fully saturated rings. The SMILES string of the molecule is O=C1Nc2cccc(n2)-c2nncn2BOc2ccccc21. The van der Waals surface area contributed by atoms with Gasteiger partial charge in [-0.1, -0.05) is 18.2 Å². The molecule has 1 aliphatic heterocycles. The number of para-hydroxylation sites is 1. The maximum atomic E-state index is 12.4. The van der Waals surface area contributed by atoms with Gasteiger partial charge in [-0.25, -0.2) is 4.98 Å². The third-order valence-electron chi connectivity index (χ3n) is 3.33. The van der Waals surface area contributed by atoms with Crippen LogP contribution in [-0.2, 0) is 0 Å². The van der Waals surface area contributed by atoms with Crippen LogP contribution in [0.15, 0.2) is 48.8 Å². The Labute approximate surface area is 126 Å². The van der Waals surface area contributed by atoms with Crippen LogP contribution in [0.2, 0.25) is 0 Å². The minimum atomic E-state index is -0.266. The van der Waals surface area contributed by atoms with Gasteiger partial charge in [-0.15, -0.1) is 10.2 Å². The number of fused-ring (bicyclic) bond motifs is 5. The lowest BCUT2D eigenvalue weighted by Crippen LogP contribution is -2.17. The first-order valence-corrected chi connectivity index (χ1v) is 6.70. The van der Waals surface area contributed by atoms with Crippen molar-refractivity contribution in [1.82, 2.24) is 19.7 Å². The van der Waals surface area contributed by atoms with Crippen LogP contribution in [0.4, 0.5) is 5.82 Å². The van der Waals surface area contributed by atoms with Crippen LogP contribution in [0.5, 0.6) is 5.75 Å². The van der Waals surface area contributed by atoms with Crippen molar-refractivity contribution in [2.45, 2.75) is 0 Å². The molecule has 0 saturated heterocycles. The van der Waals surface area contributed by atoms with Gasteiger partial charge in [-0.05, 0) is 24.3 Å². The fraction of sp³-hybridized carbons (Fsp3) is 0. The average molecular weight is 291 g/mol. The van der Waals surface area contributed by atoms with E-state index in [1.165, 1.54) is 0 Å². The van der Waals surface area contributed by atoms with Gasteiger partial charge in [0.05, 0.1) is 5.56 Å². The highest BCUT2D eigenvalue weighted by Crippen LogP contribution is 2.22. The number of carbonyl (C=O) groups excluding carboxylic acids is 1. The number of nitrogens with zero attached hydrogens (tertiary/aromatic N) is 4. The number of carbonyl (C=O) groups is 1. The molecule has 1 N–H and O–H groups in total. The number of amides is 1. The van der Waals surface area contributed by atoms with E-state index < -0.39 is 0 Å². The van der Waals surface area contributed by atoms with E-state index in [-0.39, 0.29) is 13.5 Å². The minimum absolute atomic E-state index is 0.193. The molecule has 1 amide bonds. The monoisotopic (exact) mass is 291 g/mol. The summed E-state index contributed by atoms with van der Waals surface area (Å²) in [6.07, 6.45) is 1.57. The van der Waals surface area contributed by atoms with Gasteiger partial charge in [-0.3, -0.25) is 4.79 Å². The molecule has 0 atom stereocenters. The smallest absolute Gasteiger partial charge is 0.470 e. The average Bonchev–Trinajstić information content (AvgIpc) is 3.01. The topological polar surface area (TPSA) is 81.9 Å². The molecule has 106 valence electrons. The summed E-state index contributed by atoms with van der Waals surface area (Å²) in [5.41, 5.74) is 1.07. The Kier molecular flexibility index (Phi) is 2.85. The molecule has 7 nitrogen and oxygen atoms in total. The lowest BCUT2D eigenvalue weighted by Gasteiger charge is -2.10. The third kappa shape index (κ3) is 2.10. The molecule has 4 rings (SSSR count). The Morgan fingerprint density at radius 1 is 1.14 bits per heavy atom. The van der Waals surface area contributed by atoms with Crippen molar-refractivity contribution in [3.63, 3.8) is 0 Å². The first kappa shape index (κ1) is 12.6. The van der Waals surface area contributed by atoms with E-state index >= 15 is 0 Å². The summed E-state index contributed by atoms with van der Waals surface area (Å²) < 4.78 is 7.48. The molecule has 0 aliphatic carbocycles.